The van der Waals surface area contributed by atoms with Crippen molar-refractivity contribution in [2.24, 2.45) is 0 Å². The summed E-state index contributed by atoms with van der Waals surface area (Å²) in [5, 5.41) is 0. The van der Waals surface area contributed by atoms with Crippen LogP contribution in [0.15, 0.2) is 18.2 Å². The Hall–Kier alpha value is -2.20. The highest BCUT2D eigenvalue weighted by Crippen LogP contribution is 2.25. The fourth-order valence-electron chi connectivity index (χ4n) is 1.59. The number of ether oxygens (including phenoxy) is 3. The number of halogens is 1. The lowest BCUT2D eigenvalue weighted by molar-refractivity contribution is -0.146. The molecule has 0 aliphatic heterocycles. The lowest BCUT2D eigenvalue weighted by Crippen LogP contribution is -2.27. The third-order valence-corrected chi connectivity index (χ3v) is 3.99. The van der Waals surface area contributed by atoms with E-state index in [0.717, 1.165) is 12.1 Å². The molecule has 26 heavy (non-hydrogen) atoms. The molecule has 0 fully saturated rings. The number of esters is 2. The second kappa shape index (κ2) is 8.95. The first-order valence-corrected chi connectivity index (χ1v) is 9.26. The summed E-state index contributed by atoms with van der Waals surface area (Å²) in [4.78, 5) is 23.3. The van der Waals surface area contributed by atoms with Crippen LogP contribution in [0.5, 0.6) is 5.75 Å². The average molecular weight is 391 g/mol. The van der Waals surface area contributed by atoms with Crippen LogP contribution >= 0.6 is 0 Å². The summed E-state index contributed by atoms with van der Waals surface area (Å²) in [6, 6.07) is 3.36. The van der Waals surface area contributed by atoms with Gasteiger partial charge in [0.05, 0.1) is 21.4 Å². The molecule has 1 rings (SSSR count). The Bertz CT molecular complexity index is 758. The van der Waals surface area contributed by atoms with Gasteiger partial charge in [-0.3, -0.25) is 0 Å². The van der Waals surface area contributed by atoms with Crippen molar-refractivity contribution in [3.05, 3.63) is 29.6 Å². The molecule has 0 atom stereocenters. The molecule has 0 spiro atoms. The zero-order valence-electron chi connectivity index (χ0n) is 14.6. The Morgan fingerprint density at radius 3 is 2.46 bits per heavy atom. The lowest BCUT2D eigenvalue weighted by Gasteiger charge is -2.25. The maximum atomic E-state index is 13.8. The lowest BCUT2D eigenvalue weighted by atomic mass is 10.1. The van der Waals surface area contributed by atoms with E-state index in [4.69, 9.17) is 9.47 Å². The number of carbonyl (C=O) groups is 2. The van der Waals surface area contributed by atoms with Crippen molar-refractivity contribution in [1.29, 1.82) is 0 Å². The Morgan fingerprint density at radius 2 is 1.88 bits per heavy atom. The van der Waals surface area contributed by atoms with Gasteiger partial charge in [-0.05, 0) is 38.5 Å². The predicted molar refractivity (Wildman–Crippen MR) is 87.2 cm³/mol. The molecule has 0 unspecified atom stereocenters. The quantitative estimate of drug-likeness (QED) is 0.460. The minimum absolute atomic E-state index is 0.0387. The predicted octanol–water partition coefficient (Wildman–Crippen LogP) is 1.64. The number of hydrogen-bond acceptors (Lipinski definition) is 8. The van der Waals surface area contributed by atoms with E-state index in [0.29, 0.717) is 6.42 Å². The monoisotopic (exact) mass is 391 g/mol. The van der Waals surface area contributed by atoms with E-state index in [1.54, 1.807) is 13.8 Å². The van der Waals surface area contributed by atoms with E-state index in [-0.39, 0.29) is 11.3 Å². The summed E-state index contributed by atoms with van der Waals surface area (Å²) in [6.07, 6.45) is 0.603. The van der Waals surface area contributed by atoms with Gasteiger partial charge < -0.3 is 18.8 Å². The van der Waals surface area contributed by atoms with Crippen molar-refractivity contribution in [3.8, 4) is 5.75 Å². The summed E-state index contributed by atoms with van der Waals surface area (Å²) in [7, 11) is -4.50. The third kappa shape index (κ3) is 7.79. The first kappa shape index (κ1) is 21.8. The van der Waals surface area contributed by atoms with Crippen LogP contribution in [0.3, 0.4) is 0 Å². The first-order valence-electron chi connectivity index (χ1n) is 7.68. The van der Waals surface area contributed by atoms with Crippen molar-refractivity contribution in [1.82, 2.24) is 0 Å². The number of benzene rings is 1. The molecule has 1 aromatic rings. The highest BCUT2D eigenvalue weighted by Gasteiger charge is 2.21. The topological polar surface area (TPSA) is 119 Å². The van der Waals surface area contributed by atoms with E-state index >= 15 is 0 Å². The summed E-state index contributed by atoms with van der Waals surface area (Å²) in [5.41, 5.74) is -0.682. The first-order chi connectivity index (χ1) is 11.9. The van der Waals surface area contributed by atoms with E-state index in [9.17, 15) is 27.0 Å². The molecule has 0 amide bonds. The molecule has 0 bridgehead atoms. The van der Waals surface area contributed by atoms with Crippen molar-refractivity contribution in [3.63, 3.8) is 0 Å². The smallest absolute Gasteiger partial charge is 0.344 e. The van der Waals surface area contributed by atoms with E-state index in [2.05, 4.69) is 4.74 Å². The van der Waals surface area contributed by atoms with Crippen LogP contribution in [0.1, 0.15) is 37.6 Å². The molecule has 0 aromatic heterocycles. The van der Waals surface area contributed by atoms with E-state index in [1.807, 2.05) is 6.92 Å². The van der Waals surface area contributed by atoms with Gasteiger partial charge in [-0.25, -0.2) is 22.4 Å². The van der Waals surface area contributed by atoms with Gasteiger partial charge in [-0.15, -0.1) is 0 Å². The second-order valence-corrected chi connectivity index (χ2v) is 7.44. The van der Waals surface area contributed by atoms with Gasteiger partial charge >= 0.3 is 11.9 Å². The fourth-order valence-corrected chi connectivity index (χ4v) is 1.87. The second-order valence-electron chi connectivity index (χ2n) is 5.92. The van der Waals surface area contributed by atoms with Crippen LogP contribution < -0.4 is 4.74 Å². The zero-order valence-corrected chi connectivity index (χ0v) is 15.4. The molecule has 1 aromatic carbocycles. The van der Waals surface area contributed by atoms with E-state index < -0.39 is 52.4 Å². The van der Waals surface area contributed by atoms with Crippen LogP contribution in [0, 0.1) is 5.82 Å². The molecule has 0 aliphatic rings. The van der Waals surface area contributed by atoms with E-state index in [1.165, 1.54) is 6.07 Å². The standard InChI is InChI=1S/C16H21FO8S/c1-4-16(2,3)25-13-9-11(5-6-12(13)17)15(19)24-10-14(18)23-7-8-26(20,21)22/h5-6,9H,4,7-8,10H2,1-3H3,(H,20,21,22)/p-1. The normalized spacial score (nSPS) is 11.7. The minimum Gasteiger partial charge on any atom is -0.748 e. The summed E-state index contributed by atoms with van der Waals surface area (Å²) < 4.78 is 59.6. The average Bonchev–Trinajstić information content (AvgIpc) is 2.53. The Kier molecular flexibility index (Phi) is 7.52. The van der Waals surface area contributed by atoms with Crippen molar-refractivity contribution in [2.45, 2.75) is 32.8 Å². The van der Waals surface area contributed by atoms with Gasteiger partial charge in [0.2, 0.25) is 0 Å². The largest absolute Gasteiger partial charge is 0.748 e. The minimum atomic E-state index is -4.50. The van der Waals surface area contributed by atoms with Gasteiger partial charge in [0.15, 0.2) is 18.2 Å². The van der Waals surface area contributed by atoms with Crippen molar-refractivity contribution in [2.75, 3.05) is 19.0 Å². The molecule has 0 N–H and O–H groups in total. The molecule has 146 valence electrons. The molecule has 0 saturated heterocycles. The maximum Gasteiger partial charge on any atom is 0.344 e. The fraction of sp³-hybridized carbons (Fsp3) is 0.500. The molecular weight excluding hydrogens is 371 g/mol. The van der Waals surface area contributed by atoms with Gasteiger partial charge in [0.1, 0.15) is 12.2 Å². The Morgan fingerprint density at radius 1 is 1.23 bits per heavy atom. The number of carbonyl (C=O) groups excluding carboxylic acids is 2. The molecule has 0 radical (unpaired) electrons. The van der Waals surface area contributed by atoms with Gasteiger partial charge in [0, 0.05) is 0 Å². The van der Waals surface area contributed by atoms with Crippen LogP contribution in [0.4, 0.5) is 4.39 Å². The van der Waals surface area contributed by atoms with Gasteiger partial charge in [0.25, 0.3) is 0 Å². The van der Waals surface area contributed by atoms with Crippen LogP contribution in [0.25, 0.3) is 0 Å². The SMILES string of the molecule is CCC(C)(C)Oc1cc(C(=O)OCC(=O)OCCS(=O)(=O)[O-])ccc1F. The van der Waals surface area contributed by atoms with Gasteiger partial charge in [-0.2, -0.15) is 0 Å². The molecular formula is C16H20FO8S-. The van der Waals surface area contributed by atoms with Crippen molar-refractivity contribution >= 4 is 22.1 Å². The third-order valence-electron chi connectivity index (χ3n) is 3.32. The summed E-state index contributed by atoms with van der Waals surface area (Å²) in [5.74, 6) is -3.60. The molecule has 0 heterocycles. The number of hydrogen-bond donors (Lipinski definition) is 0. The van der Waals surface area contributed by atoms with Crippen LogP contribution in [-0.4, -0.2) is 49.5 Å². The molecule has 10 heteroatoms. The molecule has 0 saturated carbocycles. The maximum absolute atomic E-state index is 13.8. The van der Waals surface area contributed by atoms with Crippen LogP contribution in [-0.2, 0) is 24.4 Å². The molecule has 8 nitrogen and oxygen atoms in total. The molecule has 0 aliphatic carbocycles. The number of rotatable bonds is 9. The highest BCUT2D eigenvalue weighted by atomic mass is 32.2. The summed E-state index contributed by atoms with van der Waals surface area (Å²) >= 11 is 0. The zero-order chi connectivity index (χ0) is 20.0. The summed E-state index contributed by atoms with van der Waals surface area (Å²) in [6.45, 7) is 3.96. The Labute approximate surface area is 151 Å². The highest BCUT2D eigenvalue weighted by molar-refractivity contribution is 7.85. The Balaban J connectivity index is 2.63. The van der Waals surface area contributed by atoms with Crippen LogP contribution in [0.2, 0.25) is 0 Å². The van der Waals surface area contributed by atoms with Crippen molar-refractivity contribution < 1.29 is 41.2 Å². The van der Waals surface area contributed by atoms with Gasteiger partial charge in [-0.1, -0.05) is 6.92 Å².